The second kappa shape index (κ2) is 7.12. The maximum absolute atomic E-state index is 11.5. The Hall–Kier alpha value is -0.290. The van der Waals surface area contributed by atoms with Gasteiger partial charge >= 0.3 is 5.97 Å². The van der Waals surface area contributed by atoms with Crippen molar-refractivity contribution in [2.75, 3.05) is 12.5 Å². The second-order valence-electron chi connectivity index (χ2n) is 3.33. The molecule has 0 saturated carbocycles. The number of benzene rings is 1. The number of hydrogen-bond acceptors (Lipinski definition) is 2. The van der Waals surface area contributed by atoms with Crippen molar-refractivity contribution in [2.24, 2.45) is 0 Å². The lowest BCUT2D eigenvalue weighted by Gasteiger charge is -2.06. The summed E-state index contributed by atoms with van der Waals surface area (Å²) in [6, 6.07) is 5.80. The van der Waals surface area contributed by atoms with Crippen LogP contribution in [0.25, 0.3) is 0 Å². The molecule has 0 aliphatic carbocycles. The fraction of sp³-hybridized carbons (Fsp3) is 0.417. The van der Waals surface area contributed by atoms with E-state index in [1.807, 2.05) is 18.2 Å². The molecule has 0 atom stereocenters. The van der Waals surface area contributed by atoms with Gasteiger partial charge in [0.25, 0.3) is 0 Å². The zero-order chi connectivity index (χ0) is 12.0. The number of hydrogen-bond donors (Lipinski definition) is 0. The summed E-state index contributed by atoms with van der Waals surface area (Å²) < 4.78 is 5.90. The maximum Gasteiger partial charge on any atom is 0.339 e. The number of rotatable bonds is 5. The zero-order valence-electron chi connectivity index (χ0n) is 9.13. The minimum atomic E-state index is -0.254. The molecule has 0 bridgehead atoms. The quantitative estimate of drug-likeness (QED) is 0.459. The van der Waals surface area contributed by atoms with Crippen LogP contribution in [0.1, 0.15) is 29.3 Å². The monoisotopic (exact) mass is 352 g/mol. The largest absolute Gasteiger partial charge is 0.462 e. The Morgan fingerprint density at radius 3 is 2.81 bits per heavy atom. The summed E-state index contributed by atoms with van der Waals surface area (Å²) in [6.07, 6.45) is 1.90. The summed E-state index contributed by atoms with van der Waals surface area (Å²) in [6.45, 7) is 2.21. The lowest BCUT2D eigenvalue weighted by molar-refractivity contribution is 0.0525. The molecule has 4 heteroatoms. The fourth-order valence-electron chi connectivity index (χ4n) is 1.36. The molecule has 0 aliphatic heterocycles. The highest BCUT2D eigenvalue weighted by Gasteiger charge is 2.10. The molecule has 16 heavy (non-hydrogen) atoms. The van der Waals surface area contributed by atoms with Crippen molar-refractivity contribution >= 4 is 40.2 Å². The van der Waals surface area contributed by atoms with Gasteiger partial charge in [-0.2, -0.15) is 0 Å². The van der Waals surface area contributed by atoms with Gasteiger partial charge in [-0.1, -0.05) is 6.07 Å². The molecule has 1 rings (SSSR count). The molecule has 1 aromatic carbocycles. The van der Waals surface area contributed by atoms with E-state index in [0.717, 1.165) is 16.4 Å². The molecule has 0 amide bonds. The minimum absolute atomic E-state index is 0.254. The van der Waals surface area contributed by atoms with Crippen LogP contribution >= 0.6 is 34.2 Å². The molecular formula is C12H14ClIO2. The van der Waals surface area contributed by atoms with Crippen molar-refractivity contribution in [1.29, 1.82) is 0 Å². The summed E-state index contributed by atoms with van der Waals surface area (Å²) in [5, 5.41) is 0. The molecule has 88 valence electrons. The number of halogens is 2. The topological polar surface area (TPSA) is 26.3 Å². The van der Waals surface area contributed by atoms with Crippen LogP contribution < -0.4 is 0 Å². The van der Waals surface area contributed by atoms with Gasteiger partial charge in [0.1, 0.15) is 0 Å². The van der Waals surface area contributed by atoms with Gasteiger partial charge in [-0.25, -0.2) is 4.79 Å². The summed E-state index contributed by atoms with van der Waals surface area (Å²) >= 11 is 7.80. The van der Waals surface area contributed by atoms with Crippen LogP contribution in [0.5, 0.6) is 0 Å². The lowest BCUT2D eigenvalue weighted by atomic mass is 10.1. The first-order valence-electron chi connectivity index (χ1n) is 5.20. The van der Waals surface area contributed by atoms with Gasteiger partial charge in [-0.15, -0.1) is 11.6 Å². The highest BCUT2D eigenvalue weighted by Crippen LogP contribution is 2.17. The van der Waals surface area contributed by atoms with Gasteiger partial charge < -0.3 is 4.74 Å². The van der Waals surface area contributed by atoms with E-state index < -0.39 is 0 Å². The molecule has 0 unspecified atom stereocenters. The summed E-state index contributed by atoms with van der Waals surface area (Å²) in [5.41, 5.74) is 1.84. The first-order chi connectivity index (χ1) is 7.69. The summed E-state index contributed by atoms with van der Waals surface area (Å²) in [5.74, 6) is 0.409. The molecule has 0 aliphatic rings. The Morgan fingerprint density at radius 2 is 2.25 bits per heavy atom. The van der Waals surface area contributed by atoms with Crippen molar-refractivity contribution < 1.29 is 9.53 Å². The third-order valence-corrected chi connectivity index (χ3v) is 3.29. The fourth-order valence-corrected chi connectivity index (χ4v) is 2.29. The standard InChI is InChI=1S/C12H14ClIO2/c1-2-16-12(15)10-6-5-9(4-3-7-13)8-11(10)14/h5-6,8H,2-4,7H2,1H3. The summed E-state index contributed by atoms with van der Waals surface area (Å²) in [7, 11) is 0. The third kappa shape index (κ3) is 3.94. The van der Waals surface area contributed by atoms with Crippen LogP contribution in [-0.4, -0.2) is 18.5 Å². The highest BCUT2D eigenvalue weighted by molar-refractivity contribution is 14.1. The van der Waals surface area contributed by atoms with Gasteiger partial charge in [0.05, 0.1) is 12.2 Å². The molecule has 0 aromatic heterocycles. The highest BCUT2D eigenvalue weighted by atomic mass is 127. The molecule has 2 nitrogen and oxygen atoms in total. The van der Waals surface area contributed by atoms with Crippen molar-refractivity contribution in [3.63, 3.8) is 0 Å². The van der Waals surface area contributed by atoms with Gasteiger partial charge in [-0.3, -0.25) is 0 Å². The number of ether oxygens (including phenoxy) is 1. The average Bonchev–Trinajstić information content (AvgIpc) is 2.26. The molecule has 0 spiro atoms. The average molecular weight is 353 g/mol. The normalized spacial score (nSPS) is 10.2. The lowest BCUT2D eigenvalue weighted by Crippen LogP contribution is -2.07. The van der Waals surface area contributed by atoms with E-state index in [4.69, 9.17) is 16.3 Å². The molecule has 0 radical (unpaired) electrons. The number of carbonyl (C=O) groups is 1. The Morgan fingerprint density at radius 1 is 1.50 bits per heavy atom. The predicted molar refractivity (Wildman–Crippen MR) is 74.2 cm³/mol. The van der Waals surface area contributed by atoms with Crippen molar-refractivity contribution in [2.45, 2.75) is 19.8 Å². The predicted octanol–water partition coefficient (Wildman–Crippen LogP) is 3.64. The van der Waals surface area contributed by atoms with Crippen LogP contribution in [0.4, 0.5) is 0 Å². The number of aryl methyl sites for hydroxylation is 1. The molecule has 0 saturated heterocycles. The van der Waals surface area contributed by atoms with Crippen LogP contribution in [0.15, 0.2) is 18.2 Å². The van der Waals surface area contributed by atoms with Gasteiger partial charge in [0.2, 0.25) is 0 Å². The number of esters is 1. The van der Waals surface area contributed by atoms with Crippen LogP contribution in [0.3, 0.4) is 0 Å². The van der Waals surface area contributed by atoms with E-state index in [0.29, 0.717) is 18.1 Å². The molecule has 0 fully saturated rings. The number of alkyl halides is 1. The molecule has 0 N–H and O–H groups in total. The Labute approximate surface area is 114 Å². The van der Waals surface area contributed by atoms with E-state index >= 15 is 0 Å². The first kappa shape index (κ1) is 13.8. The van der Waals surface area contributed by atoms with Crippen molar-refractivity contribution in [1.82, 2.24) is 0 Å². The van der Waals surface area contributed by atoms with E-state index in [2.05, 4.69) is 22.6 Å². The van der Waals surface area contributed by atoms with E-state index in [-0.39, 0.29) is 5.97 Å². The second-order valence-corrected chi connectivity index (χ2v) is 4.87. The number of carbonyl (C=O) groups excluding carboxylic acids is 1. The van der Waals surface area contributed by atoms with Gasteiger partial charge in [-0.05, 0) is 60.1 Å². The van der Waals surface area contributed by atoms with E-state index in [1.165, 1.54) is 5.56 Å². The Balaban J connectivity index is 2.78. The van der Waals surface area contributed by atoms with E-state index in [1.54, 1.807) is 6.92 Å². The van der Waals surface area contributed by atoms with Crippen LogP contribution in [-0.2, 0) is 11.2 Å². The van der Waals surface area contributed by atoms with E-state index in [9.17, 15) is 4.79 Å². The van der Waals surface area contributed by atoms with Crippen molar-refractivity contribution in [3.8, 4) is 0 Å². The Kier molecular flexibility index (Phi) is 6.13. The Bertz CT molecular complexity index is 366. The molecular weight excluding hydrogens is 338 g/mol. The van der Waals surface area contributed by atoms with Crippen LogP contribution in [0, 0.1) is 3.57 Å². The zero-order valence-corrected chi connectivity index (χ0v) is 12.0. The van der Waals surface area contributed by atoms with Crippen LogP contribution in [0.2, 0.25) is 0 Å². The van der Waals surface area contributed by atoms with Crippen molar-refractivity contribution in [3.05, 3.63) is 32.9 Å². The smallest absolute Gasteiger partial charge is 0.339 e. The van der Waals surface area contributed by atoms with Gasteiger partial charge in [0.15, 0.2) is 0 Å². The SMILES string of the molecule is CCOC(=O)c1ccc(CCCCl)cc1I. The van der Waals surface area contributed by atoms with Gasteiger partial charge in [0, 0.05) is 9.45 Å². The third-order valence-electron chi connectivity index (χ3n) is 2.13. The minimum Gasteiger partial charge on any atom is -0.462 e. The molecule has 1 aromatic rings. The summed E-state index contributed by atoms with van der Waals surface area (Å²) in [4.78, 5) is 11.5. The maximum atomic E-state index is 11.5. The molecule has 0 heterocycles. The first-order valence-corrected chi connectivity index (χ1v) is 6.82.